The monoisotopic (exact) mass is 439 g/mol. The van der Waals surface area contributed by atoms with E-state index in [1.54, 1.807) is 21.8 Å². The average Bonchev–Trinajstić information content (AvgIpc) is 2.86. The molecule has 2 aromatic carbocycles. The van der Waals surface area contributed by atoms with Crippen LogP contribution in [0, 0.1) is 0 Å². The molecule has 0 N–H and O–H groups in total. The third-order valence-electron chi connectivity index (χ3n) is 6.30. The summed E-state index contributed by atoms with van der Waals surface area (Å²) in [7, 11) is 1.64. The van der Waals surface area contributed by atoms with Crippen molar-refractivity contribution in [2.45, 2.75) is 12.8 Å². The molecule has 2 aromatic rings. The van der Waals surface area contributed by atoms with Crippen molar-refractivity contribution in [3.05, 3.63) is 42.0 Å². The largest absolute Gasteiger partial charge is 0.497 e. The smallest absolute Gasteiger partial charge is 0.312 e. The fourth-order valence-electron chi connectivity index (χ4n) is 4.22. The Kier molecular flexibility index (Phi) is 6.60. The number of nitrogens with zero attached hydrogens (tertiary/aromatic N) is 3. The van der Waals surface area contributed by atoms with Crippen LogP contribution in [0.25, 0.3) is 10.8 Å². The van der Waals surface area contributed by atoms with Gasteiger partial charge in [0.05, 0.1) is 26.2 Å². The van der Waals surface area contributed by atoms with E-state index in [1.165, 1.54) is 0 Å². The lowest BCUT2D eigenvalue weighted by Crippen LogP contribution is -2.55. The third-order valence-corrected chi connectivity index (χ3v) is 6.30. The number of benzene rings is 2. The van der Waals surface area contributed by atoms with Gasteiger partial charge in [0.25, 0.3) is 0 Å². The maximum absolute atomic E-state index is 13.1. The molecule has 2 heterocycles. The SMILES string of the molecule is COc1ccc2cc([C@H](C)C(=O)N3CCN(C(=O)C(=O)N4CCOCC4)CC3)ccc2c1. The maximum Gasteiger partial charge on any atom is 0.312 e. The van der Waals surface area contributed by atoms with Crippen LogP contribution in [0.1, 0.15) is 18.4 Å². The minimum Gasteiger partial charge on any atom is -0.497 e. The zero-order chi connectivity index (χ0) is 22.7. The summed E-state index contributed by atoms with van der Waals surface area (Å²) in [5.41, 5.74) is 0.952. The van der Waals surface area contributed by atoms with Crippen molar-refractivity contribution < 1.29 is 23.9 Å². The van der Waals surface area contributed by atoms with E-state index < -0.39 is 11.8 Å². The Morgan fingerprint density at radius 2 is 1.38 bits per heavy atom. The minimum absolute atomic E-state index is 0.0319. The van der Waals surface area contributed by atoms with Gasteiger partial charge in [0.15, 0.2) is 0 Å². The van der Waals surface area contributed by atoms with Crippen molar-refractivity contribution in [2.24, 2.45) is 0 Å². The van der Waals surface area contributed by atoms with Gasteiger partial charge in [-0.1, -0.05) is 24.3 Å². The van der Waals surface area contributed by atoms with Crippen LogP contribution in [0.2, 0.25) is 0 Å². The molecule has 0 spiro atoms. The Labute approximate surface area is 187 Å². The van der Waals surface area contributed by atoms with Crippen molar-refractivity contribution in [2.75, 3.05) is 59.6 Å². The second kappa shape index (κ2) is 9.56. The van der Waals surface area contributed by atoms with Crippen LogP contribution in [0.4, 0.5) is 0 Å². The highest BCUT2D eigenvalue weighted by atomic mass is 16.5. The predicted octanol–water partition coefficient (Wildman–Crippen LogP) is 1.48. The van der Waals surface area contributed by atoms with Gasteiger partial charge in [-0.3, -0.25) is 14.4 Å². The number of fused-ring (bicyclic) bond motifs is 1. The van der Waals surface area contributed by atoms with E-state index in [2.05, 4.69) is 0 Å². The Hall–Kier alpha value is -3.13. The van der Waals surface area contributed by atoms with Crippen molar-refractivity contribution in [3.63, 3.8) is 0 Å². The molecule has 0 aromatic heterocycles. The molecule has 2 aliphatic rings. The van der Waals surface area contributed by atoms with Crippen LogP contribution in [0.3, 0.4) is 0 Å². The molecule has 0 aliphatic carbocycles. The molecule has 8 nitrogen and oxygen atoms in total. The van der Waals surface area contributed by atoms with Gasteiger partial charge in [0.1, 0.15) is 5.75 Å². The first-order valence-corrected chi connectivity index (χ1v) is 11.0. The number of hydrogen-bond donors (Lipinski definition) is 0. The van der Waals surface area contributed by atoms with Gasteiger partial charge in [-0.2, -0.15) is 0 Å². The first kappa shape index (κ1) is 22.1. The maximum atomic E-state index is 13.1. The summed E-state index contributed by atoms with van der Waals surface area (Å²) in [4.78, 5) is 43.0. The van der Waals surface area contributed by atoms with Crippen LogP contribution in [-0.4, -0.2) is 92.0 Å². The van der Waals surface area contributed by atoms with Crippen molar-refractivity contribution >= 4 is 28.5 Å². The molecule has 1 atom stereocenters. The Morgan fingerprint density at radius 1 is 0.812 bits per heavy atom. The second-order valence-corrected chi connectivity index (χ2v) is 8.22. The molecular weight excluding hydrogens is 410 g/mol. The third kappa shape index (κ3) is 4.55. The molecule has 0 saturated carbocycles. The van der Waals surface area contributed by atoms with Crippen LogP contribution in [-0.2, 0) is 19.1 Å². The van der Waals surface area contributed by atoms with Gasteiger partial charge in [-0.15, -0.1) is 0 Å². The number of methoxy groups -OCH3 is 1. The normalized spacial score (nSPS) is 17.9. The van der Waals surface area contributed by atoms with Crippen LogP contribution in [0.5, 0.6) is 5.75 Å². The molecule has 0 radical (unpaired) electrons. The van der Waals surface area contributed by atoms with Crippen LogP contribution in [0.15, 0.2) is 36.4 Å². The number of carbonyl (C=O) groups excluding carboxylic acids is 3. The van der Waals surface area contributed by atoms with Gasteiger partial charge >= 0.3 is 11.8 Å². The van der Waals surface area contributed by atoms with E-state index >= 15 is 0 Å². The second-order valence-electron chi connectivity index (χ2n) is 8.22. The number of carbonyl (C=O) groups is 3. The topological polar surface area (TPSA) is 79.4 Å². The van der Waals surface area contributed by atoms with Crippen LogP contribution >= 0.6 is 0 Å². The molecule has 4 rings (SSSR count). The lowest BCUT2D eigenvalue weighted by atomic mass is 9.96. The number of morpholine rings is 1. The van der Waals surface area contributed by atoms with Gasteiger partial charge in [-0.05, 0) is 35.4 Å². The highest BCUT2D eigenvalue weighted by molar-refractivity contribution is 6.34. The van der Waals surface area contributed by atoms with Crippen LogP contribution < -0.4 is 4.74 Å². The number of amides is 3. The Bertz CT molecular complexity index is 1010. The quantitative estimate of drug-likeness (QED) is 0.677. The lowest BCUT2D eigenvalue weighted by molar-refractivity contribution is -0.155. The highest BCUT2D eigenvalue weighted by Crippen LogP contribution is 2.26. The summed E-state index contributed by atoms with van der Waals surface area (Å²) in [6.07, 6.45) is 0. The molecule has 2 fully saturated rings. The first-order valence-electron chi connectivity index (χ1n) is 11.0. The van der Waals surface area contributed by atoms with Gasteiger partial charge < -0.3 is 24.2 Å². The summed E-state index contributed by atoms with van der Waals surface area (Å²) in [6.45, 7) is 5.30. The molecule has 8 heteroatoms. The van der Waals surface area contributed by atoms with Crippen molar-refractivity contribution in [1.82, 2.24) is 14.7 Å². The van der Waals surface area contributed by atoms with Gasteiger partial charge in [0.2, 0.25) is 5.91 Å². The fourth-order valence-corrected chi connectivity index (χ4v) is 4.22. The van der Waals surface area contributed by atoms with E-state index in [9.17, 15) is 14.4 Å². The summed E-state index contributed by atoms with van der Waals surface area (Å²) < 4.78 is 10.5. The van der Waals surface area contributed by atoms with Gasteiger partial charge in [-0.25, -0.2) is 0 Å². The number of piperazine rings is 1. The fraction of sp³-hybridized carbons (Fsp3) is 0.458. The molecule has 2 saturated heterocycles. The number of rotatable bonds is 3. The molecule has 2 aliphatic heterocycles. The number of ether oxygens (including phenoxy) is 2. The summed E-state index contributed by atoms with van der Waals surface area (Å²) >= 11 is 0. The van der Waals surface area contributed by atoms with Crippen molar-refractivity contribution in [1.29, 1.82) is 0 Å². The van der Waals surface area contributed by atoms with Gasteiger partial charge in [0, 0.05) is 39.3 Å². The minimum atomic E-state index is -0.489. The number of hydrogen-bond acceptors (Lipinski definition) is 5. The molecule has 170 valence electrons. The Morgan fingerprint density at radius 3 is 2.03 bits per heavy atom. The Balaban J connectivity index is 1.36. The highest BCUT2D eigenvalue weighted by Gasteiger charge is 2.32. The van der Waals surface area contributed by atoms with E-state index in [-0.39, 0.29) is 11.8 Å². The average molecular weight is 440 g/mol. The van der Waals surface area contributed by atoms with Crippen molar-refractivity contribution in [3.8, 4) is 5.75 Å². The zero-order valence-electron chi connectivity index (χ0n) is 18.6. The molecule has 0 bridgehead atoms. The molecular formula is C24H29N3O5. The first-order chi connectivity index (χ1) is 15.5. The summed E-state index contributed by atoms with van der Waals surface area (Å²) in [5.74, 6) is -0.427. The van der Waals surface area contributed by atoms with E-state index in [0.717, 1.165) is 22.1 Å². The molecule has 3 amide bonds. The zero-order valence-corrected chi connectivity index (χ0v) is 18.6. The molecule has 32 heavy (non-hydrogen) atoms. The lowest BCUT2D eigenvalue weighted by Gasteiger charge is -2.36. The summed E-state index contributed by atoms with van der Waals surface area (Å²) in [6, 6.07) is 11.9. The van der Waals surface area contributed by atoms with E-state index in [4.69, 9.17) is 9.47 Å². The van der Waals surface area contributed by atoms with E-state index in [1.807, 2.05) is 43.3 Å². The van der Waals surface area contributed by atoms with E-state index in [0.29, 0.717) is 52.5 Å². The summed E-state index contributed by atoms with van der Waals surface area (Å²) in [5, 5.41) is 2.12. The molecule has 0 unspecified atom stereocenters. The predicted molar refractivity (Wildman–Crippen MR) is 119 cm³/mol. The standard InChI is InChI=1S/C24H29N3O5/c1-17(18-3-4-20-16-21(31-2)6-5-19(20)15-18)22(28)25-7-9-26(10-8-25)23(29)24(30)27-11-13-32-14-12-27/h3-6,15-17H,7-14H2,1-2H3/t17-/m0/s1.